The monoisotopic (exact) mass is 436 g/mol. The zero-order chi connectivity index (χ0) is 18.6. The number of benzene rings is 2. The summed E-state index contributed by atoms with van der Waals surface area (Å²) < 4.78 is 28.3. The summed E-state index contributed by atoms with van der Waals surface area (Å²) in [4.78, 5) is 2.75. The topological polar surface area (TPSA) is 49.4 Å². The Hall–Kier alpha value is -1.37. The Morgan fingerprint density at radius 3 is 2.65 bits per heavy atom. The molecule has 140 valence electrons. The average Bonchev–Trinajstić information content (AvgIpc) is 2.62. The summed E-state index contributed by atoms with van der Waals surface area (Å²) in [5.74, 6) is 0. The molecule has 0 fully saturated rings. The number of nitrogens with zero attached hydrogens (tertiary/aromatic N) is 1. The van der Waals surface area contributed by atoms with Gasteiger partial charge in [0.05, 0.1) is 4.90 Å². The van der Waals surface area contributed by atoms with Crippen molar-refractivity contribution in [3.05, 3.63) is 58.1 Å². The van der Waals surface area contributed by atoms with Crippen LogP contribution in [0.4, 0.5) is 5.69 Å². The Morgan fingerprint density at radius 1 is 1.15 bits per heavy atom. The minimum atomic E-state index is -3.46. The van der Waals surface area contributed by atoms with E-state index in [9.17, 15) is 8.42 Å². The Bertz CT molecular complexity index is 851. The molecule has 26 heavy (non-hydrogen) atoms. The van der Waals surface area contributed by atoms with E-state index in [2.05, 4.69) is 50.7 Å². The molecule has 1 heterocycles. The highest BCUT2D eigenvalue weighted by Gasteiger charge is 2.17. The molecule has 2 aromatic rings. The molecule has 0 saturated carbocycles. The first-order valence-corrected chi connectivity index (χ1v) is 11.4. The van der Waals surface area contributed by atoms with Crippen molar-refractivity contribution in [2.75, 3.05) is 24.5 Å². The quantitative estimate of drug-likeness (QED) is 0.709. The number of anilines is 1. The van der Waals surface area contributed by atoms with E-state index < -0.39 is 10.0 Å². The smallest absolute Gasteiger partial charge is 0.240 e. The van der Waals surface area contributed by atoms with E-state index in [1.807, 2.05) is 0 Å². The summed E-state index contributed by atoms with van der Waals surface area (Å²) >= 11 is 3.32. The Morgan fingerprint density at radius 2 is 1.92 bits per heavy atom. The molecular formula is C20H25BrN2O2S. The Balaban J connectivity index is 1.62. The predicted octanol–water partition coefficient (Wildman–Crippen LogP) is 4.13. The van der Waals surface area contributed by atoms with Gasteiger partial charge in [0.1, 0.15) is 0 Å². The molecule has 1 N–H and O–H groups in total. The van der Waals surface area contributed by atoms with Crippen LogP contribution in [0.5, 0.6) is 0 Å². The van der Waals surface area contributed by atoms with Crippen molar-refractivity contribution in [1.29, 1.82) is 0 Å². The first-order valence-electron chi connectivity index (χ1n) is 9.11. The fourth-order valence-corrected chi connectivity index (χ4v) is 4.71. The molecule has 0 radical (unpaired) electrons. The third-order valence-electron chi connectivity index (χ3n) is 4.68. The van der Waals surface area contributed by atoms with E-state index in [1.54, 1.807) is 24.3 Å². The van der Waals surface area contributed by atoms with Crippen LogP contribution >= 0.6 is 15.9 Å². The third-order valence-corrected chi connectivity index (χ3v) is 6.69. The van der Waals surface area contributed by atoms with Crippen molar-refractivity contribution in [2.24, 2.45) is 0 Å². The molecule has 1 aliphatic heterocycles. The highest BCUT2D eigenvalue weighted by atomic mass is 79.9. The van der Waals surface area contributed by atoms with Crippen molar-refractivity contribution < 1.29 is 8.42 Å². The number of nitrogens with one attached hydrogen (secondary N) is 1. The second-order valence-corrected chi connectivity index (χ2v) is 9.34. The number of sulfonamides is 1. The van der Waals surface area contributed by atoms with Crippen LogP contribution in [0.15, 0.2) is 51.8 Å². The van der Waals surface area contributed by atoms with Gasteiger partial charge in [0.15, 0.2) is 0 Å². The fourth-order valence-electron chi connectivity index (χ4n) is 3.41. The van der Waals surface area contributed by atoms with Crippen LogP contribution in [0.1, 0.15) is 30.9 Å². The largest absolute Gasteiger partial charge is 0.371 e. The van der Waals surface area contributed by atoms with Gasteiger partial charge in [-0.05, 0) is 67.1 Å². The number of fused-ring (bicyclic) bond motifs is 1. The van der Waals surface area contributed by atoms with Gasteiger partial charge >= 0.3 is 0 Å². The zero-order valence-corrected chi connectivity index (χ0v) is 17.4. The van der Waals surface area contributed by atoms with Crippen LogP contribution in [0.3, 0.4) is 0 Å². The summed E-state index contributed by atoms with van der Waals surface area (Å²) in [7, 11) is -3.46. The van der Waals surface area contributed by atoms with Crippen LogP contribution in [-0.2, 0) is 22.9 Å². The van der Waals surface area contributed by atoms with E-state index in [4.69, 9.17) is 0 Å². The van der Waals surface area contributed by atoms with Gasteiger partial charge in [-0.15, -0.1) is 0 Å². The van der Waals surface area contributed by atoms with Gasteiger partial charge in [0, 0.05) is 29.8 Å². The molecular weight excluding hydrogens is 412 g/mol. The molecule has 4 nitrogen and oxygen atoms in total. The Labute approximate surface area is 164 Å². The lowest BCUT2D eigenvalue weighted by atomic mass is 9.98. The average molecular weight is 437 g/mol. The number of aryl methyl sites for hydroxylation is 1. The highest BCUT2D eigenvalue weighted by Crippen LogP contribution is 2.28. The fraction of sp³-hybridized carbons (Fsp3) is 0.400. The maximum atomic E-state index is 12.3. The molecule has 0 bridgehead atoms. The molecule has 0 saturated heterocycles. The first-order chi connectivity index (χ1) is 12.5. The normalized spacial score (nSPS) is 14.3. The van der Waals surface area contributed by atoms with Gasteiger partial charge in [0.25, 0.3) is 0 Å². The number of rotatable bonds is 7. The lowest BCUT2D eigenvalue weighted by molar-refractivity contribution is 0.581. The van der Waals surface area contributed by atoms with Crippen molar-refractivity contribution in [3.63, 3.8) is 0 Å². The lowest BCUT2D eigenvalue weighted by Gasteiger charge is -2.31. The van der Waals surface area contributed by atoms with Gasteiger partial charge in [-0.3, -0.25) is 0 Å². The number of hydrogen-bond acceptors (Lipinski definition) is 3. The molecule has 0 aliphatic carbocycles. The minimum Gasteiger partial charge on any atom is -0.371 e. The lowest BCUT2D eigenvalue weighted by Crippen LogP contribution is -2.30. The molecule has 0 amide bonds. The van der Waals surface area contributed by atoms with Crippen LogP contribution in [0, 0.1) is 0 Å². The highest BCUT2D eigenvalue weighted by molar-refractivity contribution is 9.10. The number of halogens is 1. The van der Waals surface area contributed by atoms with Gasteiger partial charge in [-0.25, -0.2) is 13.1 Å². The third kappa shape index (κ3) is 4.67. The van der Waals surface area contributed by atoms with E-state index in [-0.39, 0.29) is 0 Å². The van der Waals surface area contributed by atoms with Crippen LogP contribution in [0.25, 0.3) is 0 Å². The minimum absolute atomic E-state index is 0.293. The van der Waals surface area contributed by atoms with Gasteiger partial charge in [-0.2, -0.15) is 0 Å². The maximum absolute atomic E-state index is 12.3. The number of hydrogen-bond donors (Lipinski definition) is 1. The molecule has 3 rings (SSSR count). The van der Waals surface area contributed by atoms with E-state index >= 15 is 0 Å². The summed E-state index contributed by atoms with van der Waals surface area (Å²) in [6.07, 6.45) is 4.14. The molecule has 0 aromatic heterocycles. The first kappa shape index (κ1) is 19.4. The van der Waals surface area contributed by atoms with E-state index in [0.29, 0.717) is 17.9 Å². The van der Waals surface area contributed by atoms with Crippen molar-refractivity contribution in [2.45, 2.75) is 37.5 Å². The molecule has 6 heteroatoms. The summed E-state index contributed by atoms with van der Waals surface area (Å²) in [6, 6.07) is 13.2. The predicted molar refractivity (Wildman–Crippen MR) is 110 cm³/mol. The zero-order valence-electron chi connectivity index (χ0n) is 15.0. The summed E-state index contributed by atoms with van der Waals surface area (Å²) in [6.45, 7) is 4.84. The Kier molecular flexibility index (Phi) is 6.37. The molecule has 1 aliphatic rings. The molecule has 0 spiro atoms. The van der Waals surface area contributed by atoms with E-state index in [0.717, 1.165) is 30.4 Å². The second kappa shape index (κ2) is 8.55. The summed E-state index contributed by atoms with van der Waals surface area (Å²) in [5, 5.41) is 0. The standard InChI is InChI=1S/C20H25BrN2O2S/c1-2-13-23-14-3-4-17-15-16(5-10-20(17)23)11-12-22-26(24,25)19-8-6-18(21)7-9-19/h5-10,15,22H,2-4,11-14H2,1H3. The molecule has 0 atom stereocenters. The van der Waals surface area contributed by atoms with Crippen LogP contribution < -0.4 is 9.62 Å². The van der Waals surface area contributed by atoms with Crippen molar-refractivity contribution >= 4 is 31.6 Å². The SMILES string of the molecule is CCCN1CCCc2cc(CCNS(=O)(=O)c3ccc(Br)cc3)ccc21. The second-order valence-electron chi connectivity index (χ2n) is 6.66. The van der Waals surface area contributed by atoms with Crippen LogP contribution in [0.2, 0.25) is 0 Å². The van der Waals surface area contributed by atoms with Gasteiger partial charge < -0.3 is 4.90 Å². The van der Waals surface area contributed by atoms with E-state index in [1.165, 1.54) is 23.2 Å². The maximum Gasteiger partial charge on any atom is 0.240 e. The summed E-state index contributed by atoms with van der Waals surface area (Å²) in [5.41, 5.74) is 3.91. The van der Waals surface area contributed by atoms with Crippen LogP contribution in [-0.4, -0.2) is 28.1 Å². The van der Waals surface area contributed by atoms with Crippen molar-refractivity contribution in [1.82, 2.24) is 4.72 Å². The molecule has 0 unspecified atom stereocenters. The molecule has 2 aromatic carbocycles. The van der Waals surface area contributed by atoms with Gasteiger partial charge in [0.2, 0.25) is 10.0 Å². The van der Waals surface area contributed by atoms with Crippen molar-refractivity contribution in [3.8, 4) is 0 Å². The van der Waals surface area contributed by atoms with Gasteiger partial charge in [-0.1, -0.05) is 35.0 Å².